The number of pyridine rings is 1. The summed E-state index contributed by atoms with van der Waals surface area (Å²) in [6.07, 6.45) is 3.27. The molecule has 0 saturated heterocycles. The van der Waals surface area contributed by atoms with Gasteiger partial charge >= 0.3 is 0 Å². The van der Waals surface area contributed by atoms with Gasteiger partial charge in [0, 0.05) is 12.3 Å². The Morgan fingerprint density at radius 3 is 3.07 bits per heavy atom. The van der Waals surface area contributed by atoms with E-state index in [1.165, 1.54) is 0 Å². The van der Waals surface area contributed by atoms with E-state index >= 15 is 0 Å². The summed E-state index contributed by atoms with van der Waals surface area (Å²) in [5, 5.41) is 0. The zero-order valence-corrected chi connectivity index (χ0v) is 7.60. The van der Waals surface area contributed by atoms with Gasteiger partial charge in [-0.2, -0.15) is 0 Å². The van der Waals surface area contributed by atoms with Crippen LogP contribution in [0.5, 0.6) is 5.75 Å². The number of primary amides is 1. The van der Waals surface area contributed by atoms with Crippen LogP contribution < -0.4 is 10.5 Å². The fourth-order valence-corrected chi connectivity index (χ4v) is 1.29. The lowest BCUT2D eigenvalue weighted by molar-refractivity contribution is 0.0990. The number of amides is 1. The summed E-state index contributed by atoms with van der Waals surface area (Å²) in [6.45, 7) is 0. The summed E-state index contributed by atoms with van der Waals surface area (Å²) >= 11 is 0. The molecule has 0 fully saturated rings. The highest BCUT2D eigenvalue weighted by Crippen LogP contribution is 2.14. The molecule has 14 heavy (non-hydrogen) atoms. The number of hydrogen-bond donors (Lipinski definition) is 1. The van der Waals surface area contributed by atoms with E-state index in [0.717, 1.165) is 5.52 Å². The van der Waals surface area contributed by atoms with E-state index in [1.807, 2.05) is 0 Å². The molecule has 0 aliphatic heterocycles. The number of imidazole rings is 1. The van der Waals surface area contributed by atoms with Crippen molar-refractivity contribution in [1.82, 2.24) is 9.38 Å². The molecule has 1 amide bonds. The normalized spacial score (nSPS) is 10.4. The van der Waals surface area contributed by atoms with Gasteiger partial charge in [-0.25, -0.2) is 4.98 Å². The Kier molecular flexibility index (Phi) is 1.85. The zero-order valence-electron chi connectivity index (χ0n) is 7.60. The zero-order chi connectivity index (χ0) is 10.1. The van der Waals surface area contributed by atoms with Crippen molar-refractivity contribution in [3.8, 4) is 5.75 Å². The van der Waals surface area contributed by atoms with Gasteiger partial charge < -0.3 is 10.5 Å². The van der Waals surface area contributed by atoms with Crippen LogP contribution in [0.1, 0.15) is 10.6 Å². The van der Waals surface area contributed by atoms with E-state index in [9.17, 15) is 4.79 Å². The Balaban J connectivity index is 2.65. The smallest absolute Gasteiger partial charge is 0.285 e. The lowest BCUT2D eigenvalue weighted by Crippen LogP contribution is -2.14. The van der Waals surface area contributed by atoms with Gasteiger partial charge in [-0.1, -0.05) is 0 Å². The number of aromatic nitrogens is 2. The maximum absolute atomic E-state index is 10.9. The summed E-state index contributed by atoms with van der Waals surface area (Å²) in [6, 6.07) is 3.51. The minimum absolute atomic E-state index is 0.225. The molecule has 5 heteroatoms. The van der Waals surface area contributed by atoms with Crippen LogP contribution in [0.2, 0.25) is 0 Å². The first-order valence-corrected chi connectivity index (χ1v) is 4.03. The summed E-state index contributed by atoms with van der Waals surface area (Å²) in [7, 11) is 1.58. The molecule has 5 nitrogen and oxygen atoms in total. The highest BCUT2D eigenvalue weighted by molar-refractivity contribution is 5.90. The molecule has 0 aliphatic carbocycles. The summed E-state index contributed by atoms with van der Waals surface area (Å²) in [5.41, 5.74) is 5.92. The predicted molar refractivity (Wildman–Crippen MR) is 50.3 cm³/mol. The van der Waals surface area contributed by atoms with E-state index in [0.29, 0.717) is 5.75 Å². The number of hydrogen-bond acceptors (Lipinski definition) is 3. The highest BCUT2D eigenvalue weighted by Gasteiger charge is 2.08. The quantitative estimate of drug-likeness (QED) is 0.748. The number of methoxy groups -OCH3 is 1. The first-order valence-electron chi connectivity index (χ1n) is 4.03. The number of rotatable bonds is 2. The van der Waals surface area contributed by atoms with Crippen LogP contribution in [0.4, 0.5) is 0 Å². The van der Waals surface area contributed by atoms with E-state index in [4.69, 9.17) is 10.5 Å². The van der Waals surface area contributed by atoms with Gasteiger partial charge in [-0.3, -0.25) is 9.20 Å². The maximum Gasteiger partial charge on any atom is 0.285 e. The Labute approximate surface area is 80.1 Å². The maximum atomic E-state index is 10.9. The Hall–Kier alpha value is -2.04. The van der Waals surface area contributed by atoms with Crippen molar-refractivity contribution >= 4 is 11.4 Å². The Bertz CT molecular complexity index is 490. The Morgan fingerprint density at radius 1 is 1.64 bits per heavy atom. The molecular weight excluding hydrogens is 182 g/mol. The van der Waals surface area contributed by atoms with Gasteiger partial charge in [0.2, 0.25) is 5.82 Å². The minimum Gasteiger partial charge on any atom is -0.497 e. The van der Waals surface area contributed by atoms with Gasteiger partial charge in [-0.05, 0) is 6.07 Å². The van der Waals surface area contributed by atoms with Crippen LogP contribution in [-0.2, 0) is 0 Å². The van der Waals surface area contributed by atoms with E-state index in [1.54, 1.807) is 36.0 Å². The molecule has 2 rings (SSSR count). The molecule has 2 heterocycles. The van der Waals surface area contributed by atoms with Crippen molar-refractivity contribution in [3.63, 3.8) is 0 Å². The second-order valence-electron chi connectivity index (χ2n) is 2.81. The lowest BCUT2D eigenvalue weighted by atomic mass is 10.4. The van der Waals surface area contributed by atoms with E-state index in [-0.39, 0.29) is 5.82 Å². The third-order valence-electron chi connectivity index (χ3n) is 1.96. The van der Waals surface area contributed by atoms with E-state index in [2.05, 4.69) is 4.98 Å². The van der Waals surface area contributed by atoms with Gasteiger partial charge in [0.25, 0.3) is 5.91 Å². The van der Waals surface area contributed by atoms with Gasteiger partial charge in [0.15, 0.2) is 0 Å². The van der Waals surface area contributed by atoms with Crippen molar-refractivity contribution in [1.29, 1.82) is 0 Å². The molecule has 0 unspecified atom stereocenters. The largest absolute Gasteiger partial charge is 0.497 e. The van der Waals surface area contributed by atoms with Crippen LogP contribution in [0, 0.1) is 0 Å². The molecule has 2 aromatic heterocycles. The molecule has 0 radical (unpaired) electrons. The first-order chi connectivity index (χ1) is 6.72. The lowest BCUT2D eigenvalue weighted by Gasteiger charge is -2.00. The van der Waals surface area contributed by atoms with Gasteiger partial charge in [-0.15, -0.1) is 0 Å². The topological polar surface area (TPSA) is 69.6 Å². The number of ether oxygens (including phenoxy) is 1. The number of carbonyl (C=O) groups is 1. The number of fused-ring (bicyclic) bond motifs is 1. The first kappa shape index (κ1) is 8.55. The van der Waals surface area contributed by atoms with Crippen molar-refractivity contribution in [3.05, 3.63) is 30.4 Å². The van der Waals surface area contributed by atoms with Crippen LogP contribution >= 0.6 is 0 Å². The molecular formula is C9H9N3O2. The summed E-state index contributed by atoms with van der Waals surface area (Å²) in [5.74, 6) is 0.395. The average Bonchev–Trinajstić information content (AvgIpc) is 2.59. The van der Waals surface area contributed by atoms with Crippen LogP contribution in [0.25, 0.3) is 5.52 Å². The number of nitrogens with zero attached hydrogens (tertiary/aromatic N) is 2. The average molecular weight is 191 g/mol. The third-order valence-corrected chi connectivity index (χ3v) is 1.96. The van der Waals surface area contributed by atoms with Crippen molar-refractivity contribution < 1.29 is 9.53 Å². The van der Waals surface area contributed by atoms with Crippen molar-refractivity contribution in [2.24, 2.45) is 5.73 Å². The minimum atomic E-state index is -0.546. The summed E-state index contributed by atoms with van der Waals surface area (Å²) < 4.78 is 6.65. The fourth-order valence-electron chi connectivity index (χ4n) is 1.29. The van der Waals surface area contributed by atoms with Gasteiger partial charge in [0.05, 0.1) is 18.8 Å². The van der Waals surface area contributed by atoms with Crippen LogP contribution in [-0.4, -0.2) is 22.4 Å². The SMILES string of the molecule is COc1ccn2c(C(N)=O)ncc2c1. The van der Waals surface area contributed by atoms with E-state index < -0.39 is 5.91 Å². The van der Waals surface area contributed by atoms with Crippen LogP contribution in [0.15, 0.2) is 24.5 Å². The number of nitrogens with two attached hydrogens (primary N) is 1. The fraction of sp³-hybridized carbons (Fsp3) is 0.111. The molecule has 0 aromatic carbocycles. The molecule has 2 N–H and O–H groups in total. The molecule has 0 aliphatic rings. The number of carbonyl (C=O) groups excluding carboxylic acids is 1. The second-order valence-corrected chi connectivity index (χ2v) is 2.81. The van der Waals surface area contributed by atoms with Crippen LogP contribution in [0.3, 0.4) is 0 Å². The summed E-state index contributed by atoms with van der Waals surface area (Å²) in [4.78, 5) is 14.8. The standard InChI is InChI=1S/C9H9N3O2/c1-14-7-2-3-12-6(4-7)5-11-9(12)8(10)13/h2-5H,1H3,(H2,10,13). The molecule has 72 valence electrons. The monoisotopic (exact) mass is 191 g/mol. The molecule has 2 aromatic rings. The highest BCUT2D eigenvalue weighted by atomic mass is 16.5. The second kappa shape index (κ2) is 3.02. The van der Waals surface area contributed by atoms with Crippen molar-refractivity contribution in [2.75, 3.05) is 7.11 Å². The third kappa shape index (κ3) is 1.19. The van der Waals surface area contributed by atoms with Crippen molar-refractivity contribution in [2.45, 2.75) is 0 Å². The van der Waals surface area contributed by atoms with Gasteiger partial charge in [0.1, 0.15) is 5.75 Å². The molecule has 0 spiro atoms. The molecule has 0 saturated carbocycles. The Morgan fingerprint density at radius 2 is 2.43 bits per heavy atom. The molecule has 0 atom stereocenters. The molecule has 0 bridgehead atoms. The predicted octanol–water partition coefficient (Wildman–Crippen LogP) is 0.442.